The fourth-order valence-corrected chi connectivity index (χ4v) is 2.02. The number of hydrogen-bond donors (Lipinski definition) is 1. The Morgan fingerprint density at radius 3 is 2.69 bits per heavy atom. The van der Waals surface area contributed by atoms with Crippen LogP contribution in [-0.2, 0) is 6.54 Å². The Kier molecular flexibility index (Phi) is 3.42. The van der Waals surface area contributed by atoms with Gasteiger partial charge in [-0.1, -0.05) is 30.3 Å². The molecule has 0 radical (unpaired) electrons. The molecule has 0 aliphatic carbocycles. The predicted octanol–water partition coefficient (Wildman–Crippen LogP) is 1.93. The van der Waals surface area contributed by atoms with Gasteiger partial charge in [0.05, 0.1) is 19.2 Å². The highest BCUT2D eigenvalue weighted by molar-refractivity contribution is 5.87. The first-order valence-corrected chi connectivity index (χ1v) is 5.78. The van der Waals surface area contributed by atoms with E-state index in [0.29, 0.717) is 0 Å². The van der Waals surface area contributed by atoms with E-state index in [1.807, 2.05) is 6.92 Å². The summed E-state index contributed by atoms with van der Waals surface area (Å²) in [5.41, 5.74) is 1.29. The average Bonchev–Trinajstić information content (AvgIpc) is 2.32. The van der Waals surface area contributed by atoms with Crippen LogP contribution in [0, 0.1) is 0 Å². The second-order valence-corrected chi connectivity index (χ2v) is 3.81. The summed E-state index contributed by atoms with van der Waals surface area (Å²) >= 11 is 0. The smallest absolute Gasteiger partial charge is 0.128 e. The van der Waals surface area contributed by atoms with Gasteiger partial charge in [0.25, 0.3) is 0 Å². The van der Waals surface area contributed by atoms with Crippen molar-refractivity contribution in [2.24, 2.45) is 0 Å². The first-order chi connectivity index (χ1) is 7.86. The molecule has 2 N–H and O–H groups in total. The van der Waals surface area contributed by atoms with Gasteiger partial charge in [-0.3, -0.25) is 0 Å². The van der Waals surface area contributed by atoms with Gasteiger partial charge in [-0.2, -0.15) is 0 Å². The standard InChI is InChI=1S/C14H17NO/c1-3-16-14-9-8-11-6-4-5-7-12(11)13(14)10-15-2/h4-9,15H,3,10H2,1-2H3/p+1. The van der Waals surface area contributed by atoms with Crippen molar-refractivity contribution in [3.8, 4) is 5.75 Å². The number of hydrogen-bond acceptors (Lipinski definition) is 1. The van der Waals surface area contributed by atoms with Gasteiger partial charge in [-0.05, 0) is 23.8 Å². The Morgan fingerprint density at radius 1 is 1.12 bits per heavy atom. The van der Waals surface area contributed by atoms with Crippen molar-refractivity contribution in [3.63, 3.8) is 0 Å². The molecule has 0 saturated heterocycles. The molecule has 0 unspecified atom stereocenters. The molecule has 0 saturated carbocycles. The van der Waals surface area contributed by atoms with Crippen LogP contribution in [0.4, 0.5) is 0 Å². The van der Waals surface area contributed by atoms with E-state index in [0.717, 1.165) is 18.9 Å². The van der Waals surface area contributed by atoms with E-state index in [1.165, 1.54) is 16.3 Å². The van der Waals surface area contributed by atoms with Gasteiger partial charge in [0.15, 0.2) is 0 Å². The summed E-state index contributed by atoms with van der Waals surface area (Å²) < 4.78 is 5.68. The van der Waals surface area contributed by atoms with Crippen LogP contribution in [0.15, 0.2) is 36.4 Å². The van der Waals surface area contributed by atoms with Crippen LogP contribution in [0.3, 0.4) is 0 Å². The van der Waals surface area contributed by atoms with Crippen LogP contribution in [0.5, 0.6) is 5.75 Å². The molecule has 2 nitrogen and oxygen atoms in total. The van der Waals surface area contributed by atoms with Gasteiger partial charge in [0, 0.05) is 0 Å². The monoisotopic (exact) mass is 216 g/mol. The zero-order valence-electron chi connectivity index (χ0n) is 9.86. The van der Waals surface area contributed by atoms with E-state index in [1.54, 1.807) is 0 Å². The maximum absolute atomic E-state index is 5.68. The minimum atomic E-state index is 0.717. The van der Waals surface area contributed by atoms with Crippen molar-refractivity contribution in [2.45, 2.75) is 13.5 Å². The van der Waals surface area contributed by atoms with Crippen molar-refractivity contribution in [2.75, 3.05) is 13.7 Å². The molecule has 2 aromatic rings. The van der Waals surface area contributed by atoms with Gasteiger partial charge in [0.2, 0.25) is 0 Å². The fraction of sp³-hybridized carbons (Fsp3) is 0.286. The van der Waals surface area contributed by atoms with Gasteiger partial charge < -0.3 is 10.1 Å². The minimum Gasteiger partial charge on any atom is -0.493 e. The third kappa shape index (κ3) is 2.02. The average molecular weight is 216 g/mol. The highest BCUT2D eigenvalue weighted by Crippen LogP contribution is 2.27. The summed E-state index contributed by atoms with van der Waals surface area (Å²) in [6.07, 6.45) is 0. The molecule has 2 heteroatoms. The van der Waals surface area contributed by atoms with Crippen LogP contribution in [-0.4, -0.2) is 13.7 Å². The highest BCUT2D eigenvalue weighted by atomic mass is 16.5. The van der Waals surface area contributed by atoms with E-state index in [9.17, 15) is 0 Å². The molecule has 2 aromatic carbocycles. The van der Waals surface area contributed by atoms with Gasteiger partial charge in [0.1, 0.15) is 12.3 Å². The summed E-state index contributed by atoms with van der Waals surface area (Å²) in [6.45, 7) is 3.69. The summed E-state index contributed by atoms with van der Waals surface area (Å²) in [7, 11) is 2.08. The molecule has 0 atom stereocenters. The molecule has 0 bridgehead atoms. The maximum Gasteiger partial charge on any atom is 0.128 e. The number of fused-ring (bicyclic) bond motifs is 1. The van der Waals surface area contributed by atoms with Crippen molar-refractivity contribution in [1.82, 2.24) is 0 Å². The second kappa shape index (κ2) is 4.99. The Morgan fingerprint density at radius 2 is 1.94 bits per heavy atom. The molecule has 0 heterocycles. The molecule has 0 fully saturated rings. The summed E-state index contributed by atoms with van der Waals surface area (Å²) in [4.78, 5) is 0. The second-order valence-electron chi connectivity index (χ2n) is 3.81. The Hall–Kier alpha value is -1.54. The summed E-state index contributed by atoms with van der Waals surface area (Å²) in [5.74, 6) is 1.01. The van der Waals surface area contributed by atoms with Crippen LogP contribution in [0.2, 0.25) is 0 Å². The molecule has 84 valence electrons. The van der Waals surface area contributed by atoms with Crippen LogP contribution in [0.1, 0.15) is 12.5 Å². The number of benzene rings is 2. The van der Waals surface area contributed by atoms with Gasteiger partial charge in [-0.25, -0.2) is 0 Å². The lowest BCUT2D eigenvalue weighted by molar-refractivity contribution is -0.643. The number of quaternary nitrogens is 1. The normalized spacial score (nSPS) is 10.6. The van der Waals surface area contributed by atoms with E-state index in [2.05, 4.69) is 48.8 Å². The maximum atomic E-state index is 5.68. The minimum absolute atomic E-state index is 0.717. The zero-order valence-corrected chi connectivity index (χ0v) is 9.86. The van der Waals surface area contributed by atoms with E-state index < -0.39 is 0 Å². The molecule has 0 aliphatic heterocycles. The number of rotatable bonds is 4. The first kappa shape index (κ1) is 11.0. The molecule has 0 aliphatic rings. The number of nitrogens with two attached hydrogens (primary N) is 1. The van der Waals surface area contributed by atoms with Gasteiger partial charge >= 0.3 is 0 Å². The number of ether oxygens (including phenoxy) is 1. The zero-order chi connectivity index (χ0) is 11.4. The Labute approximate surface area is 96.2 Å². The Balaban J connectivity index is 2.58. The predicted molar refractivity (Wildman–Crippen MR) is 66.7 cm³/mol. The van der Waals surface area contributed by atoms with Crippen molar-refractivity contribution >= 4 is 10.8 Å². The van der Waals surface area contributed by atoms with Crippen LogP contribution < -0.4 is 10.1 Å². The van der Waals surface area contributed by atoms with Crippen LogP contribution >= 0.6 is 0 Å². The fourth-order valence-electron chi connectivity index (χ4n) is 2.02. The molecule has 0 aromatic heterocycles. The lowest BCUT2D eigenvalue weighted by Gasteiger charge is -2.11. The van der Waals surface area contributed by atoms with Crippen molar-refractivity contribution in [1.29, 1.82) is 0 Å². The molecule has 2 rings (SSSR count). The summed E-state index contributed by atoms with van der Waals surface area (Å²) in [6, 6.07) is 12.7. The molecular weight excluding hydrogens is 198 g/mol. The highest BCUT2D eigenvalue weighted by Gasteiger charge is 2.08. The summed E-state index contributed by atoms with van der Waals surface area (Å²) in [5, 5.41) is 4.75. The molecule has 0 amide bonds. The van der Waals surface area contributed by atoms with Crippen LogP contribution in [0.25, 0.3) is 10.8 Å². The largest absolute Gasteiger partial charge is 0.493 e. The van der Waals surface area contributed by atoms with E-state index in [4.69, 9.17) is 4.74 Å². The lowest BCUT2D eigenvalue weighted by Crippen LogP contribution is -2.77. The Bertz CT molecular complexity index is 479. The van der Waals surface area contributed by atoms with E-state index >= 15 is 0 Å². The van der Waals surface area contributed by atoms with Crippen molar-refractivity contribution in [3.05, 3.63) is 42.0 Å². The van der Waals surface area contributed by atoms with Gasteiger partial charge in [-0.15, -0.1) is 0 Å². The molecular formula is C14H18NO+. The molecule has 0 spiro atoms. The quantitative estimate of drug-likeness (QED) is 0.830. The SMILES string of the molecule is CCOc1ccc2ccccc2c1C[NH2+]C. The van der Waals surface area contributed by atoms with E-state index in [-0.39, 0.29) is 0 Å². The third-order valence-electron chi connectivity index (χ3n) is 2.71. The van der Waals surface area contributed by atoms with Crippen molar-refractivity contribution < 1.29 is 10.1 Å². The lowest BCUT2D eigenvalue weighted by atomic mass is 10.0. The molecule has 16 heavy (non-hydrogen) atoms. The third-order valence-corrected chi connectivity index (χ3v) is 2.71. The topological polar surface area (TPSA) is 25.8 Å². The first-order valence-electron chi connectivity index (χ1n) is 5.78.